The second kappa shape index (κ2) is 6.16. The molecule has 6 nitrogen and oxygen atoms in total. The Hall–Kier alpha value is -1.40. The molecule has 2 bridgehead atoms. The largest absolute Gasteiger partial charge is 0.481 e. The zero-order valence-corrected chi connectivity index (χ0v) is 10.5. The molecule has 0 spiro atoms. The number of aliphatic hydroxyl groups excluding tert-OH is 1. The van der Waals surface area contributed by atoms with Crippen LogP contribution in [0.25, 0.3) is 0 Å². The SMILES string of the molecule is O=C(O)C1C2C=CC(O2)C1C(=O)OCCCCCO. The first-order valence-corrected chi connectivity index (χ1v) is 6.49. The number of hydrogen-bond acceptors (Lipinski definition) is 5. The van der Waals surface area contributed by atoms with Gasteiger partial charge in [0.25, 0.3) is 0 Å². The molecule has 0 aromatic rings. The molecule has 1 fully saturated rings. The van der Waals surface area contributed by atoms with Gasteiger partial charge >= 0.3 is 11.9 Å². The van der Waals surface area contributed by atoms with Crippen molar-refractivity contribution in [2.45, 2.75) is 31.5 Å². The van der Waals surface area contributed by atoms with E-state index in [4.69, 9.17) is 19.7 Å². The van der Waals surface area contributed by atoms with Crippen molar-refractivity contribution < 1.29 is 29.3 Å². The van der Waals surface area contributed by atoms with E-state index in [9.17, 15) is 9.59 Å². The van der Waals surface area contributed by atoms with Gasteiger partial charge in [0.1, 0.15) is 11.8 Å². The number of ether oxygens (including phenoxy) is 2. The van der Waals surface area contributed by atoms with E-state index < -0.39 is 36.0 Å². The molecule has 2 aliphatic rings. The minimum absolute atomic E-state index is 0.125. The standard InChI is InChI=1S/C13H18O6/c14-6-2-1-3-7-18-13(17)11-9-5-4-8(19-9)10(11)12(15)16/h4-5,8-11,14H,1-3,6-7H2,(H,15,16). The van der Waals surface area contributed by atoms with E-state index in [-0.39, 0.29) is 13.2 Å². The number of esters is 1. The van der Waals surface area contributed by atoms with Crippen molar-refractivity contribution >= 4 is 11.9 Å². The van der Waals surface area contributed by atoms with Crippen molar-refractivity contribution in [3.8, 4) is 0 Å². The molecule has 4 atom stereocenters. The van der Waals surface area contributed by atoms with E-state index in [2.05, 4.69) is 0 Å². The summed E-state index contributed by atoms with van der Waals surface area (Å²) >= 11 is 0. The molecule has 0 amide bonds. The average molecular weight is 270 g/mol. The molecule has 19 heavy (non-hydrogen) atoms. The predicted octanol–water partition coefficient (Wildman–Crippen LogP) is 0.346. The Labute approximate surface area is 111 Å². The molecule has 2 aliphatic heterocycles. The normalized spacial score (nSPS) is 31.6. The summed E-state index contributed by atoms with van der Waals surface area (Å²) in [7, 11) is 0. The van der Waals surface area contributed by atoms with Crippen molar-refractivity contribution in [1.82, 2.24) is 0 Å². The third-order valence-corrected chi connectivity index (χ3v) is 3.50. The molecule has 4 unspecified atom stereocenters. The van der Waals surface area contributed by atoms with Crippen LogP contribution >= 0.6 is 0 Å². The van der Waals surface area contributed by atoms with Crippen molar-refractivity contribution in [3.63, 3.8) is 0 Å². The summed E-state index contributed by atoms with van der Waals surface area (Å²) in [5, 5.41) is 17.8. The second-order valence-corrected chi connectivity index (χ2v) is 4.79. The molecule has 2 N–H and O–H groups in total. The van der Waals surface area contributed by atoms with E-state index in [1.807, 2.05) is 0 Å². The monoisotopic (exact) mass is 270 g/mol. The van der Waals surface area contributed by atoms with E-state index in [0.717, 1.165) is 6.42 Å². The van der Waals surface area contributed by atoms with Gasteiger partial charge in [0, 0.05) is 6.61 Å². The van der Waals surface area contributed by atoms with Crippen LogP contribution in [0.2, 0.25) is 0 Å². The van der Waals surface area contributed by atoms with Gasteiger partial charge in [-0.1, -0.05) is 12.2 Å². The fourth-order valence-corrected chi connectivity index (χ4v) is 2.54. The summed E-state index contributed by atoms with van der Waals surface area (Å²) in [4.78, 5) is 23.1. The topological polar surface area (TPSA) is 93.1 Å². The van der Waals surface area contributed by atoms with E-state index in [1.165, 1.54) is 0 Å². The first-order chi connectivity index (χ1) is 9.15. The first-order valence-electron chi connectivity index (χ1n) is 6.49. The number of carboxylic acids is 1. The number of carbonyl (C=O) groups excluding carboxylic acids is 1. The Bertz CT molecular complexity index is 377. The van der Waals surface area contributed by atoms with Crippen LogP contribution in [0.15, 0.2) is 12.2 Å². The van der Waals surface area contributed by atoms with Crippen LogP contribution in [0.4, 0.5) is 0 Å². The average Bonchev–Trinajstić information content (AvgIpc) is 2.98. The van der Waals surface area contributed by atoms with Gasteiger partial charge in [-0.2, -0.15) is 0 Å². The first kappa shape index (κ1) is 14.0. The lowest BCUT2D eigenvalue weighted by atomic mass is 9.83. The van der Waals surface area contributed by atoms with E-state index in [1.54, 1.807) is 12.2 Å². The van der Waals surface area contributed by atoms with Gasteiger partial charge in [-0.15, -0.1) is 0 Å². The molecule has 1 saturated heterocycles. The predicted molar refractivity (Wildman–Crippen MR) is 64.3 cm³/mol. The van der Waals surface area contributed by atoms with Crippen LogP contribution in [-0.4, -0.2) is 47.6 Å². The summed E-state index contributed by atoms with van der Waals surface area (Å²) in [6.45, 7) is 0.378. The maximum absolute atomic E-state index is 11.9. The highest BCUT2D eigenvalue weighted by atomic mass is 16.5. The van der Waals surface area contributed by atoms with Gasteiger partial charge < -0.3 is 19.7 Å². The Morgan fingerprint density at radius 3 is 2.42 bits per heavy atom. The zero-order valence-electron chi connectivity index (χ0n) is 10.5. The number of aliphatic hydroxyl groups is 1. The Balaban J connectivity index is 1.84. The highest BCUT2D eigenvalue weighted by Crippen LogP contribution is 2.39. The molecule has 0 saturated carbocycles. The molecule has 2 heterocycles. The quantitative estimate of drug-likeness (QED) is 0.394. The molecule has 106 valence electrons. The third-order valence-electron chi connectivity index (χ3n) is 3.50. The number of rotatable bonds is 7. The number of carbonyl (C=O) groups is 2. The molecule has 0 aromatic carbocycles. The van der Waals surface area contributed by atoms with Crippen LogP contribution in [0.1, 0.15) is 19.3 Å². The van der Waals surface area contributed by atoms with Gasteiger partial charge in [-0.05, 0) is 19.3 Å². The number of fused-ring (bicyclic) bond motifs is 2. The zero-order chi connectivity index (χ0) is 13.8. The lowest BCUT2D eigenvalue weighted by Crippen LogP contribution is -2.37. The van der Waals surface area contributed by atoms with Crippen LogP contribution < -0.4 is 0 Å². The minimum Gasteiger partial charge on any atom is -0.481 e. The van der Waals surface area contributed by atoms with Crippen LogP contribution in [0, 0.1) is 11.8 Å². The van der Waals surface area contributed by atoms with Crippen molar-refractivity contribution in [2.24, 2.45) is 11.8 Å². The highest BCUT2D eigenvalue weighted by Gasteiger charge is 2.53. The molecule has 2 rings (SSSR count). The van der Waals surface area contributed by atoms with Gasteiger partial charge in [0.15, 0.2) is 0 Å². The summed E-state index contributed by atoms with van der Waals surface area (Å²) < 4.78 is 10.5. The Morgan fingerprint density at radius 2 is 1.79 bits per heavy atom. The smallest absolute Gasteiger partial charge is 0.312 e. The second-order valence-electron chi connectivity index (χ2n) is 4.79. The molecular formula is C13H18O6. The van der Waals surface area contributed by atoms with Gasteiger partial charge in [-0.3, -0.25) is 9.59 Å². The molecule has 6 heteroatoms. The van der Waals surface area contributed by atoms with Gasteiger partial charge in [0.05, 0.1) is 18.8 Å². The fourth-order valence-electron chi connectivity index (χ4n) is 2.54. The summed E-state index contributed by atoms with van der Waals surface area (Å²) in [5.41, 5.74) is 0. The van der Waals surface area contributed by atoms with Crippen molar-refractivity contribution in [2.75, 3.05) is 13.2 Å². The van der Waals surface area contributed by atoms with Crippen LogP contribution in [0.3, 0.4) is 0 Å². The van der Waals surface area contributed by atoms with E-state index in [0.29, 0.717) is 12.8 Å². The van der Waals surface area contributed by atoms with Crippen molar-refractivity contribution in [3.05, 3.63) is 12.2 Å². The number of carboxylic acid groups (broad SMARTS) is 1. The van der Waals surface area contributed by atoms with Crippen LogP contribution in [-0.2, 0) is 19.1 Å². The molecular weight excluding hydrogens is 252 g/mol. The summed E-state index contributed by atoms with van der Waals surface area (Å²) in [6.07, 6.45) is 4.54. The summed E-state index contributed by atoms with van der Waals surface area (Å²) in [6, 6.07) is 0. The maximum Gasteiger partial charge on any atom is 0.312 e. The summed E-state index contributed by atoms with van der Waals surface area (Å²) in [5.74, 6) is -3.13. The number of aliphatic carboxylic acids is 1. The number of hydrogen-bond donors (Lipinski definition) is 2. The maximum atomic E-state index is 11.9. The molecule has 0 radical (unpaired) electrons. The van der Waals surface area contributed by atoms with Gasteiger partial charge in [-0.25, -0.2) is 0 Å². The highest BCUT2D eigenvalue weighted by molar-refractivity contribution is 5.84. The van der Waals surface area contributed by atoms with Gasteiger partial charge in [0.2, 0.25) is 0 Å². The molecule has 0 aliphatic carbocycles. The Kier molecular flexibility index (Phi) is 4.55. The lowest BCUT2D eigenvalue weighted by molar-refractivity contribution is -0.157. The Morgan fingerprint density at radius 1 is 1.11 bits per heavy atom. The van der Waals surface area contributed by atoms with Crippen molar-refractivity contribution in [1.29, 1.82) is 0 Å². The fraction of sp³-hybridized carbons (Fsp3) is 0.692. The minimum atomic E-state index is -1.03. The molecule has 0 aromatic heterocycles. The van der Waals surface area contributed by atoms with Crippen LogP contribution in [0.5, 0.6) is 0 Å². The lowest BCUT2D eigenvalue weighted by Gasteiger charge is -2.20. The third kappa shape index (κ3) is 2.96. The number of unbranched alkanes of at least 4 members (excludes halogenated alkanes) is 2. The van der Waals surface area contributed by atoms with E-state index >= 15 is 0 Å².